The van der Waals surface area contributed by atoms with Gasteiger partial charge in [-0.3, -0.25) is 4.79 Å². The first-order valence-corrected chi connectivity index (χ1v) is 4.57. The van der Waals surface area contributed by atoms with E-state index in [0.29, 0.717) is 17.0 Å². The Labute approximate surface area is 90.6 Å². The molecule has 0 unspecified atom stereocenters. The summed E-state index contributed by atoms with van der Waals surface area (Å²) in [4.78, 5) is 10.5. The molecule has 0 radical (unpaired) electrons. The van der Waals surface area contributed by atoms with E-state index in [0.717, 1.165) is 11.8 Å². The number of carbonyl (C=O) groups is 1. The van der Waals surface area contributed by atoms with Crippen LogP contribution in [0.4, 0.5) is 5.69 Å². The standard InChI is InChI=1S/C9H11NO2.C3H6/c1-6-3-7(5-11)9(12-2)4-8(6)10;1-3-2/h3-5H,10H2,1-2H3;3H,1H2,2H3. The minimum Gasteiger partial charge on any atom is -0.496 e. The van der Waals surface area contributed by atoms with Crippen molar-refractivity contribution in [1.82, 2.24) is 0 Å². The zero-order chi connectivity index (χ0) is 11.8. The second-order valence-electron chi connectivity index (χ2n) is 2.98. The van der Waals surface area contributed by atoms with Gasteiger partial charge in [-0.05, 0) is 25.5 Å². The van der Waals surface area contributed by atoms with E-state index in [9.17, 15) is 4.79 Å². The average Bonchev–Trinajstić information content (AvgIpc) is 2.22. The quantitative estimate of drug-likeness (QED) is 0.460. The van der Waals surface area contributed by atoms with Crippen LogP contribution in [0.1, 0.15) is 22.8 Å². The summed E-state index contributed by atoms with van der Waals surface area (Å²) in [5.41, 5.74) is 7.68. The smallest absolute Gasteiger partial charge is 0.153 e. The molecule has 0 aromatic heterocycles. The van der Waals surface area contributed by atoms with Crippen LogP contribution in [0, 0.1) is 6.92 Å². The number of hydrogen-bond donors (Lipinski definition) is 1. The number of nitrogen functional groups attached to an aromatic ring is 1. The highest BCUT2D eigenvalue weighted by Crippen LogP contribution is 2.23. The molecule has 0 atom stereocenters. The Hall–Kier alpha value is -1.77. The molecule has 3 nitrogen and oxygen atoms in total. The third-order valence-electron chi connectivity index (χ3n) is 1.75. The fraction of sp³-hybridized carbons (Fsp3) is 0.250. The summed E-state index contributed by atoms with van der Waals surface area (Å²) in [5.74, 6) is 0.521. The number of hydrogen-bond acceptors (Lipinski definition) is 3. The van der Waals surface area contributed by atoms with Crippen LogP contribution in [0.3, 0.4) is 0 Å². The molecule has 0 bridgehead atoms. The van der Waals surface area contributed by atoms with Gasteiger partial charge in [-0.15, -0.1) is 6.58 Å². The number of nitrogens with two attached hydrogens (primary N) is 1. The topological polar surface area (TPSA) is 52.3 Å². The van der Waals surface area contributed by atoms with Crippen LogP contribution in [-0.4, -0.2) is 13.4 Å². The van der Waals surface area contributed by atoms with E-state index in [2.05, 4.69) is 6.58 Å². The summed E-state index contributed by atoms with van der Waals surface area (Å²) in [6.07, 6.45) is 2.51. The van der Waals surface area contributed by atoms with Crippen LogP contribution in [0.5, 0.6) is 5.75 Å². The van der Waals surface area contributed by atoms with Gasteiger partial charge in [0.05, 0.1) is 12.7 Å². The Morgan fingerprint density at radius 3 is 2.40 bits per heavy atom. The van der Waals surface area contributed by atoms with E-state index < -0.39 is 0 Å². The average molecular weight is 207 g/mol. The summed E-state index contributed by atoms with van der Waals surface area (Å²) in [6.45, 7) is 7.10. The normalized spacial score (nSPS) is 8.47. The lowest BCUT2D eigenvalue weighted by molar-refractivity contribution is 0.112. The van der Waals surface area contributed by atoms with E-state index in [-0.39, 0.29) is 0 Å². The summed E-state index contributed by atoms with van der Waals surface area (Å²) in [6, 6.07) is 3.36. The van der Waals surface area contributed by atoms with Crippen molar-refractivity contribution < 1.29 is 9.53 Å². The number of aryl methyl sites for hydroxylation is 1. The van der Waals surface area contributed by atoms with Crippen LogP contribution in [0.15, 0.2) is 24.8 Å². The minimum atomic E-state index is 0.521. The number of aldehydes is 1. The van der Waals surface area contributed by atoms with Gasteiger partial charge in [-0.25, -0.2) is 0 Å². The summed E-state index contributed by atoms with van der Waals surface area (Å²) in [5, 5.41) is 0. The van der Waals surface area contributed by atoms with Gasteiger partial charge >= 0.3 is 0 Å². The van der Waals surface area contributed by atoms with Crippen LogP contribution >= 0.6 is 0 Å². The predicted molar refractivity (Wildman–Crippen MR) is 63.4 cm³/mol. The maximum Gasteiger partial charge on any atom is 0.153 e. The monoisotopic (exact) mass is 207 g/mol. The highest BCUT2D eigenvalue weighted by Gasteiger charge is 2.04. The largest absolute Gasteiger partial charge is 0.496 e. The van der Waals surface area contributed by atoms with Gasteiger partial charge < -0.3 is 10.5 Å². The molecule has 1 aromatic rings. The Balaban J connectivity index is 0.000000583. The van der Waals surface area contributed by atoms with Gasteiger partial charge in [0.1, 0.15) is 5.75 Å². The number of benzene rings is 1. The molecule has 1 aromatic carbocycles. The third kappa shape index (κ3) is 3.85. The number of allylic oxidation sites excluding steroid dienone is 1. The number of carbonyl (C=O) groups excluding carboxylic acids is 1. The van der Waals surface area contributed by atoms with Crippen molar-refractivity contribution in [3.63, 3.8) is 0 Å². The predicted octanol–water partition coefficient (Wildman–Crippen LogP) is 2.59. The van der Waals surface area contributed by atoms with Gasteiger partial charge in [0.2, 0.25) is 0 Å². The zero-order valence-electron chi connectivity index (χ0n) is 9.41. The SMILES string of the molecule is C=CC.COc1cc(N)c(C)cc1C=O. The minimum absolute atomic E-state index is 0.521. The summed E-state index contributed by atoms with van der Waals surface area (Å²) < 4.78 is 4.96. The van der Waals surface area contributed by atoms with E-state index in [1.54, 1.807) is 18.2 Å². The lowest BCUT2D eigenvalue weighted by atomic mass is 10.1. The second kappa shape index (κ2) is 6.65. The van der Waals surface area contributed by atoms with E-state index >= 15 is 0 Å². The molecule has 0 aliphatic heterocycles. The van der Waals surface area contributed by atoms with Crippen molar-refractivity contribution in [2.45, 2.75) is 13.8 Å². The lowest BCUT2D eigenvalue weighted by Crippen LogP contribution is -1.96. The van der Waals surface area contributed by atoms with Crippen molar-refractivity contribution in [3.05, 3.63) is 35.9 Å². The highest BCUT2D eigenvalue weighted by molar-refractivity contribution is 5.81. The van der Waals surface area contributed by atoms with Gasteiger partial charge in [0, 0.05) is 11.8 Å². The Kier molecular flexibility index (Phi) is 5.86. The van der Waals surface area contributed by atoms with Crippen LogP contribution in [0.25, 0.3) is 0 Å². The van der Waals surface area contributed by atoms with Gasteiger partial charge in [-0.2, -0.15) is 0 Å². The molecular weight excluding hydrogens is 190 g/mol. The number of rotatable bonds is 2. The maximum absolute atomic E-state index is 10.5. The number of ether oxygens (including phenoxy) is 1. The zero-order valence-corrected chi connectivity index (χ0v) is 9.41. The Morgan fingerprint density at radius 1 is 1.47 bits per heavy atom. The fourth-order valence-electron chi connectivity index (χ4n) is 0.995. The molecule has 15 heavy (non-hydrogen) atoms. The summed E-state index contributed by atoms with van der Waals surface area (Å²) >= 11 is 0. The van der Waals surface area contributed by atoms with E-state index in [1.165, 1.54) is 7.11 Å². The molecule has 2 N–H and O–H groups in total. The Morgan fingerprint density at radius 2 is 2.00 bits per heavy atom. The van der Waals surface area contributed by atoms with Crippen molar-refractivity contribution in [2.24, 2.45) is 0 Å². The highest BCUT2D eigenvalue weighted by atomic mass is 16.5. The van der Waals surface area contributed by atoms with E-state index in [4.69, 9.17) is 10.5 Å². The second-order valence-corrected chi connectivity index (χ2v) is 2.98. The fourth-order valence-corrected chi connectivity index (χ4v) is 0.995. The molecule has 0 heterocycles. The summed E-state index contributed by atoms with van der Waals surface area (Å²) in [7, 11) is 1.51. The Bertz CT molecular complexity index is 346. The van der Waals surface area contributed by atoms with Crippen molar-refractivity contribution in [3.8, 4) is 5.75 Å². The van der Waals surface area contributed by atoms with E-state index in [1.807, 2.05) is 13.8 Å². The molecule has 0 saturated carbocycles. The number of anilines is 1. The first-order chi connectivity index (χ1) is 7.10. The molecule has 0 aliphatic rings. The van der Waals surface area contributed by atoms with Crippen LogP contribution in [-0.2, 0) is 0 Å². The van der Waals surface area contributed by atoms with Crippen molar-refractivity contribution in [2.75, 3.05) is 12.8 Å². The molecule has 1 rings (SSSR count). The van der Waals surface area contributed by atoms with Gasteiger partial charge in [-0.1, -0.05) is 6.08 Å². The molecule has 0 aliphatic carbocycles. The van der Waals surface area contributed by atoms with Gasteiger partial charge in [0.15, 0.2) is 6.29 Å². The maximum atomic E-state index is 10.5. The first kappa shape index (κ1) is 13.2. The van der Waals surface area contributed by atoms with Crippen LogP contribution in [0.2, 0.25) is 0 Å². The van der Waals surface area contributed by atoms with Gasteiger partial charge in [0.25, 0.3) is 0 Å². The third-order valence-corrected chi connectivity index (χ3v) is 1.75. The molecule has 0 amide bonds. The molecule has 0 spiro atoms. The molecule has 82 valence electrons. The van der Waals surface area contributed by atoms with Crippen LogP contribution < -0.4 is 10.5 Å². The number of methoxy groups -OCH3 is 1. The lowest BCUT2D eigenvalue weighted by Gasteiger charge is -2.06. The van der Waals surface area contributed by atoms with Crippen molar-refractivity contribution in [1.29, 1.82) is 0 Å². The molecule has 0 fully saturated rings. The first-order valence-electron chi connectivity index (χ1n) is 4.57. The van der Waals surface area contributed by atoms with Crippen molar-refractivity contribution >= 4 is 12.0 Å². The molecular formula is C12H17NO2. The molecule has 0 saturated heterocycles. The molecule has 3 heteroatoms.